The average Bonchev–Trinajstić information content (AvgIpc) is 1.88. The molecular weight excluding hydrogens is 132 g/mol. The van der Waals surface area contributed by atoms with Gasteiger partial charge in [-0.25, -0.2) is 0 Å². The molecule has 0 fully saturated rings. The van der Waals surface area contributed by atoms with Gasteiger partial charge in [0, 0.05) is 6.42 Å². The molecule has 59 valence electrons. The van der Waals surface area contributed by atoms with E-state index in [9.17, 15) is 4.79 Å². The molecule has 10 heavy (non-hydrogen) atoms. The van der Waals surface area contributed by atoms with E-state index in [1.54, 1.807) is 0 Å². The van der Waals surface area contributed by atoms with Crippen molar-refractivity contribution < 1.29 is 15.0 Å². The van der Waals surface area contributed by atoms with Crippen LogP contribution in [0.25, 0.3) is 0 Å². The highest BCUT2D eigenvalue weighted by atomic mass is 16.3. The van der Waals surface area contributed by atoms with Crippen molar-refractivity contribution in [1.29, 1.82) is 0 Å². The Morgan fingerprint density at radius 1 is 1.70 bits per heavy atom. The van der Waals surface area contributed by atoms with Gasteiger partial charge in [-0.15, -0.1) is 0 Å². The second-order valence-corrected chi connectivity index (χ2v) is 2.13. The molecule has 0 aromatic rings. The van der Waals surface area contributed by atoms with Crippen molar-refractivity contribution in [3.05, 3.63) is 6.42 Å². The Labute approximate surface area is 60.7 Å². The van der Waals surface area contributed by atoms with Gasteiger partial charge < -0.3 is 10.2 Å². The van der Waals surface area contributed by atoms with Crippen LogP contribution in [0.4, 0.5) is 0 Å². The summed E-state index contributed by atoms with van der Waals surface area (Å²) in [7, 11) is 0. The molecule has 0 saturated heterocycles. The Morgan fingerprint density at radius 3 is 2.70 bits per heavy atom. The van der Waals surface area contributed by atoms with Crippen molar-refractivity contribution in [3.8, 4) is 0 Å². The fourth-order valence-corrected chi connectivity index (χ4v) is 0.597. The maximum atomic E-state index is 10.7. The fraction of sp³-hybridized carbons (Fsp3) is 0.714. The maximum Gasteiger partial charge on any atom is 0.139 e. The molecule has 0 aromatic heterocycles. The van der Waals surface area contributed by atoms with Crippen LogP contribution in [0.3, 0.4) is 0 Å². The van der Waals surface area contributed by atoms with Crippen molar-refractivity contribution in [3.63, 3.8) is 0 Å². The van der Waals surface area contributed by atoms with E-state index in [0.717, 1.165) is 12.8 Å². The zero-order chi connectivity index (χ0) is 7.98. The molecule has 0 aromatic carbocycles. The van der Waals surface area contributed by atoms with Gasteiger partial charge in [0.1, 0.15) is 5.78 Å². The molecular formula is C7H13O3. The first-order valence-electron chi connectivity index (χ1n) is 3.37. The van der Waals surface area contributed by atoms with E-state index in [1.165, 1.54) is 0 Å². The molecule has 0 aliphatic heterocycles. The molecule has 1 atom stereocenters. The first-order valence-corrected chi connectivity index (χ1v) is 3.37. The van der Waals surface area contributed by atoms with Crippen molar-refractivity contribution in [2.24, 2.45) is 0 Å². The van der Waals surface area contributed by atoms with Crippen molar-refractivity contribution in [2.45, 2.75) is 25.9 Å². The number of aliphatic hydroxyl groups is 2. The monoisotopic (exact) mass is 145 g/mol. The van der Waals surface area contributed by atoms with Gasteiger partial charge in [0.25, 0.3) is 0 Å². The lowest BCUT2D eigenvalue weighted by atomic mass is 10.1. The molecule has 0 bridgehead atoms. The number of rotatable bonds is 5. The number of Topliss-reactive ketones (excluding diaryl/α,β-unsaturated/α-hetero) is 1. The Morgan fingerprint density at radius 2 is 2.30 bits per heavy atom. The second kappa shape index (κ2) is 5.38. The minimum absolute atomic E-state index is 0.107. The lowest BCUT2D eigenvalue weighted by molar-refractivity contribution is -0.117. The van der Waals surface area contributed by atoms with Gasteiger partial charge in [0.15, 0.2) is 0 Å². The summed E-state index contributed by atoms with van der Waals surface area (Å²) in [6.07, 6.45) is 1.37. The lowest BCUT2D eigenvalue weighted by Crippen LogP contribution is -2.17. The minimum Gasteiger partial charge on any atom is -0.394 e. The number of hydrogen-bond donors (Lipinski definition) is 2. The first kappa shape index (κ1) is 9.59. The summed E-state index contributed by atoms with van der Waals surface area (Å²) < 4.78 is 0. The van der Waals surface area contributed by atoms with E-state index >= 15 is 0 Å². The summed E-state index contributed by atoms with van der Waals surface area (Å²) in [5, 5.41) is 17.0. The summed E-state index contributed by atoms with van der Waals surface area (Å²) in [5.74, 6) is -0.107. The first-order chi connectivity index (χ1) is 4.70. The molecule has 0 saturated carbocycles. The number of aliphatic hydroxyl groups excluding tert-OH is 2. The quantitative estimate of drug-likeness (QED) is 0.568. The molecule has 3 nitrogen and oxygen atoms in total. The zero-order valence-corrected chi connectivity index (χ0v) is 6.08. The minimum atomic E-state index is -0.987. The van der Waals surface area contributed by atoms with Crippen LogP contribution in [-0.2, 0) is 4.79 Å². The van der Waals surface area contributed by atoms with Gasteiger partial charge in [-0.2, -0.15) is 0 Å². The van der Waals surface area contributed by atoms with Gasteiger partial charge in [-0.3, -0.25) is 4.79 Å². The number of hydrogen-bond acceptors (Lipinski definition) is 3. The van der Waals surface area contributed by atoms with Crippen molar-refractivity contribution in [2.75, 3.05) is 6.61 Å². The predicted octanol–water partition coefficient (Wildman–Crippen LogP) is -0.0869. The van der Waals surface area contributed by atoms with E-state index in [1.807, 2.05) is 6.92 Å². The van der Waals surface area contributed by atoms with E-state index in [2.05, 4.69) is 0 Å². The third-order valence-electron chi connectivity index (χ3n) is 1.06. The Balaban J connectivity index is 3.37. The predicted molar refractivity (Wildman–Crippen MR) is 37.3 cm³/mol. The largest absolute Gasteiger partial charge is 0.394 e. The standard InChI is InChI=1S/C7H13O3/c1-2-3-6(9)4-7(10)5-8/h4,7-8,10H,2-3,5H2,1H3. The number of carbonyl (C=O) groups is 1. The zero-order valence-electron chi connectivity index (χ0n) is 6.08. The van der Waals surface area contributed by atoms with E-state index < -0.39 is 6.10 Å². The van der Waals surface area contributed by atoms with Crippen LogP contribution >= 0.6 is 0 Å². The summed E-state index contributed by atoms with van der Waals surface area (Å²) in [6, 6.07) is 0. The van der Waals surface area contributed by atoms with Crippen LogP contribution in [0.5, 0.6) is 0 Å². The molecule has 0 aliphatic rings. The summed E-state index contributed by atoms with van der Waals surface area (Å²) >= 11 is 0. The summed E-state index contributed by atoms with van der Waals surface area (Å²) in [6.45, 7) is 1.51. The third kappa shape index (κ3) is 4.47. The highest BCUT2D eigenvalue weighted by Crippen LogP contribution is 1.96. The molecule has 0 heterocycles. The van der Waals surface area contributed by atoms with Crippen LogP contribution in [0.1, 0.15) is 19.8 Å². The van der Waals surface area contributed by atoms with Gasteiger partial charge in [0.05, 0.1) is 19.1 Å². The molecule has 3 heteroatoms. The van der Waals surface area contributed by atoms with E-state index in [4.69, 9.17) is 10.2 Å². The fourth-order valence-electron chi connectivity index (χ4n) is 0.597. The highest BCUT2D eigenvalue weighted by molar-refractivity contribution is 5.87. The van der Waals surface area contributed by atoms with Crippen molar-refractivity contribution >= 4 is 5.78 Å². The van der Waals surface area contributed by atoms with Crippen LogP contribution in [0, 0.1) is 6.42 Å². The molecule has 0 aliphatic carbocycles. The molecule has 0 amide bonds. The smallest absolute Gasteiger partial charge is 0.139 e. The molecule has 1 unspecified atom stereocenters. The lowest BCUT2D eigenvalue weighted by Gasteiger charge is -2.03. The number of ketones is 1. The van der Waals surface area contributed by atoms with Crippen molar-refractivity contribution in [1.82, 2.24) is 0 Å². The topological polar surface area (TPSA) is 57.5 Å². The van der Waals surface area contributed by atoms with Crippen LogP contribution in [-0.4, -0.2) is 28.7 Å². The van der Waals surface area contributed by atoms with Gasteiger partial charge in [-0.1, -0.05) is 6.92 Å². The Bertz CT molecular complexity index is 101. The average molecular weight is 145 g/mol. The Hall–Kier alpha value is -0.410. The number of carbonyl (C=O) groups excluding carboxylic acids is 1. The third-order valence-corrected chi connectivity index (χ3v) is 1.06. The maximum absolute atomic E-state index is 10.7. The molecule has 0 spiro atoms. The highest BCUT2D eigenvalue weighted by Gasteiger charge is 2.08. The van der Waals surface area contributed by atoms with Gasteiger partial charge >= 0.3 is 0 Å². The van der Waals surface area contributed by atoms with Crippen LogP contribution < -0.4 is 0 Å². The molecule has 0 rings (SSSR count). The summed E-state index contributed by atoms with van der Waals surface area (Å²) in [4.78, 5) is 10.7. The molecule has 1 radical (unpaired) electrons. The van der Waals surface area contributed by atoms with E-state index in [0.29, 0.717) is 6.42 Å². The Kier molecular flexibility index (Phi) is 5.16. The second-order valence-electron chi connectivity index (χ2n) is 2.13. The molecule has 2 N–H and O–H groups in total. The van der Waals surface area contributed by atoms with Gasteiger partial charge in [0.2, 0.25) is 0 Å². The van der Waals surface area contributed by atoms with Crippen LogP contribution in [0.2, 0.25) is 0 Å². The van der Waals surface area contributed by atoms with Gasteiger partial charge in [-0.05, 0) is 6.42 Å². The normalized spacial score (nSPS) is 13.1. The summed E-state index contributed by atoms with van der Waals surface area (Å²) in [5.41, 5.74) is 0. The van der Waals surface area contributed by atoms with Crippen LogP contribution in [0.15, 0.2) is 0 Å². The SMILES string of the molecule is CCCC(=O)[CH]C(O)CO. The van der Waals surface area contributed by atoms with E-state index in [-0.39, 0.29) is 12.4 Å².